The molecule has 1 atom stereocenters. The Morgan fingerprint density at radius 1 is 1.47 bits per heavy atom. The highest BCUT2D eigenvalue weighted by molar-refractivity contribution is 5.97. The van der Waals surface area contributed by atoms with Gasteiger partial charge in [0.25, 0.3) is 5.91 Å². The van der Waals surface area contributed by atoms with Crippen LogP contribution >= 0.6 is 0 Å². The van der Waals surface area contributed by atoms with Gasteiger partial charge in [0.1, 0.15) is 6.61 Å². The summed E-state index contributed by atoms with van der Waals surface area (Å²) in [4.78, 5) is 22.6. The number of methoxy groups -OCH3 is 1. The fraction of sp³-hybridized carbons (Fsp3) is 0.333. The molecule has 0 saturated heterocycles. The van der Waals surface area contributed by atoms with Crippen molar-refractivity contribution in [3.8, 4) is 0 Å². The van der Waals surface area contributed by atoms with Crippen LogP contribution in [0.4, 0.5) is 4.79 Å². The van der Waals surface area contributed by atoms with Gasteiger partial charge in [-0.2, -0.15) is 0 Å². The maximum Gasteiger partial charge on any atom is 0.508 e. The monoisotopic (exact) mass is 235 g/mol. The highest BCUT2D eigenvalue weighted by atomic mass is 16.7. The van der Waals surface area contributed by atoms with Crippen LogP contribution in [0.25, 0.3) is 0 Å². The lowest BCUT2D eigenvalue weighted by atomic mass is 9.96. The third kappa shape index (κ3) is 2.55. The second-order valence-corrected chi connectivity index (χ2v) is 3.80. The van der Waals surface area contributed by atoms with Crippen LogP contribution < -0.4 is 5.32 Å². The van der Waals surface area contributed by atoms with E-state index in [4.69, 9.17) is 4.74 Å². The van der Waals surface area contributed by atoms with Gasteiger partial charge in [0.2, 0.25) is 0 Å². The molecule has 1 heterocycles. The van der Waals surface area contributed by atoms with E-state index in [-0.39, 0.29) is 18.6 Å². The quantitative estimate of drug-likeness (QED) is 0.780. The molecule has 2 rings (SSSR count). The van der Waals surface area contributed by atoms with Crippen molar-refractivity contribution in [2.45, 2.75) is 12.5 Å². The molecule has 1 aliphatic rings. The standard InChI is InChI=1S/C12H13NO4/c1-16-12(15)17-7-9-6-8-4-2-3-5-10(8)11(14)13-9/h2-5,9H,6-7H2,1H3,(H,13,14)/t9-/m1/s1. The Morgan fingerprint density at radius 2 is 2.24 bits per heavy atom. The predicted molar refractivity (Wildman–Crippen MR) is 59.8 cm³/mol. The van der Waals surface area contributed by atoms with Crippen LogP contribution in [0.2, 0.25) is 0 Å². The molecule has 1 aromatic carbocycles. The van der Waals surface area contributed by atoms with Crippen molar-refractivity contribution in [1.82, 2.24) is 5.32 Å². The van der Waals surface area contributed by atoms with E-state index in [9.17, 15) is 9.59 Å². The van der Waals surface area contributed by atoms with Gasteiger partial charge in [0.15, 0.2) is 0 Å². The zero-order valence-corrected chi connectivity index (χ0v) is 9.43. The largest absolute Gasteiger partial charge is 0.508 e. The zero-order valence-electron chi connectivity index (χ0n) is 9.43. The Hall–Kier alpha value is -2.04. The molecule has 1 aromatic rings. The first-order valence-electron chi connectivity index (χ1n) is 5.30. The number of benzene rings is 1. The number of nitrogens with one attached hydrogen (secondary N) is 1. The Morgan fingerprint density at radius 3 is 3.00 bits per heavy atom. The molecule has 0 unspecified atom stereocenters. The molecule has 0 spiro atoms. The molecule has 0 radical (unpaired) electrons. The molecule has 1 aliphatic heterocycles. The molecule has 1 amide bonds. The first-order valence-corrected chi connectivity index (χ1v) is 5.30. The van der Waals surface area contributed by atoms with Crippen LogP contribution in [0.15, 0.2) is 24.3 Å². The van der Waals surface area contributed by atoms with Crippen molar-refractivity contribution < 1.29 is 19.1 Å². The van der Waals surface area contributed by atoms with E-state index in [1.54, 1.807) is 6.07 Å². The van der Waals surface area contributed by atoms with Gasteiger partial charge in [-0.25, -0.2) is 4.79 Å². The molecule has 17 heavy (non-hydrogen) atoms. The van der Waals surface area contributed by atoms with Crippen LogP contribution in [0.5, 0.6) is 0 Å². The smallest absolute Gasteiger partial charge is 0.438 e. The topological polar surface area (TPSA) is 64.6 Å². The van der Waals surface area contributed by atoms with E-state index in [0.717, 1.165) is 5.56 Å². The molecular formula is C12H13NO4. The summed E-state index contributed by atoms with van der Waals surface area (Å²) in [6.07, 6.45) is -0.0862. The van der Waals surface area contributed by atoms with Gasteiger partial charge in [-0.1, -0.05) is 18.2 Å². The van der Waals surface area contributed by atoms with Crippen LogP contribution in [-0.2, 0) is 15.9 Å². The molecule has 90 valence electrons. The summed E-state index contributed by atoms with van der Waals surface area (Å²) in [5.74, 6) is -0.134. The Balaban J connectivity index is 2.02. The normalized spacial score (nSPS) is 17.9. The van der Waals surface area contributed by atoms with Gasteiger partial charge in [0, 0.05) is 5.56 Å². The SMILES string of the molecule is COC(=O)OC[C@H]1Cc2ccccc2C(=O)N1. The fourth-order valence-corrected chi connectivity index (χ4v) is 1.83. The fourth-order valence-electron chi connectivity index (χ4n) is 1.83. The maximum absolute atomic E-state index is 11.7. The summed E-state index contributed by atoms with van der Waals surface area (Å²) in [6.45, 7) is 0.118. The summed E-state index contributed by atoms with van der Waals surface area (Å²) in [6, 6.07) is 7.19. The van der Waals surface area contributed by atoms with Gasteiger partial charge >= 0.3 is 6.16 Å². The summed E-state index contributed by atoms with van der Waals surface area (Å²) in [7, 11) is 1.25. The number of carbonyl (C=O) groups excluding carboxylic acids is 2. The van der Waals surface area contributed by atoms with E-state index in [2.05, 4.69) is 10.1 Å². The molecule has 0 saturated carbocycles. The second kappa shape index (κ2) is 4.86. The Bertz CT molecular complexity index is 444. The second-order valence-electron chi connectivity index (χ2n) is 3.80. The van der Waals surface area contributed by atoms with Gasteiger partial charge in [0.05, 0.1) is 13.2 Å². The van der Waals surface area contributed by atoms with Crippen LogP contribution in [0, 0.1) is 0 Å². The molecule has 0 bridgehead atoms. The summed E-state index contributed by atoms with van der Waals surface area (Å²) < 4.78 is 9.18. The lowest BCUT2D eigenvalue weighted by Crippen LogP contribution is -2.44. The van der Waals surface area contributed by atoms with Crippen molar-refractivity contribution in [2.75, 3.05) is 13.7 Å². The third-order valence-corrected chi connectivity index (χ3v) is 2.63. The molecule has 5 nitrogen and oxygen atoms in total. The number of amides is 1. The summed E-state index contributed by atoms with van der Waals surface area (Å²) in [5, 5.41) is 2.78. The average Bonchev–Trinajstić information content (AvgIpc) is 2.36. The van der Waals surface area contributed by atoms with Crippen molar-refractivity contribution in [2.24, 2.45) is 0 Å². The van der Waals surface area contributed by atoms with Gasteiger partial charge < -0.3 is 14.8 Å². The first-order chi connectivity index (χ1) is 8.20. The van der Waals surface area contributed by atoms with Crippen molar-refractivity contribution >= 4 is 12.1 Å². The highest BCUT2D eigenvalue weighted by Gasteiger charge is 2.24. The molecule has 0 aromatic heterocycles. The van der Waals surface area contributed by atoms with E-state index < -0.39 is 6.16 Å². The van der Waals surface area contributed by atoms with Gasteiger partial charge in [-0.15, -0.1) is 0 Å². The van der Waals surface area contributed by atoms with Crippen molar-refractivity contribution in [3.63, 3.8) is 0 Å². The maximum atomic E-state index is 11.7. The Labute approximate surface area is 98.7 Å². The first kappa shape index (κ1) is 11.4. The van der Waals surface area contributed by atoms with E-state index >= 15 is 0 Å². The lowest BCUT2D eigenvalue weighted by molar-refractivity contribution is 0.0607. The number of ether oxygens (including phenoxy) is 2. The number of fused-ring (bicyclic) bond motifs is 1. The minimum Gasteiger partial charge on any atom is -0.438 e. The average molecular weight is 235 g/mol. The number of hydrogen-bond donors (Lipinski definition) is 1. The van der Waals surface area contributed by atoms with E-state index in [1.165, 1.54) is 7.11 Å². The highest BCUT2D eigenvalue weighted by Crippen LogP contribution is 2.16. The summed E-state index contributed by atoms with van der Waals surface area (Å²) in [5.41, 5.74) is 1.65. The third-order valence-electron chi connectivity index (χ3n) is 2.63. The van der Waals surface area contributed by atoms with Crippen LogP contribution in [0.1, 0.15) is 15.9 Å². The molecular weight excluding hydrogens is 222 g/mol. The molecule has 5 heteroatoms. The van der Waals surface area contributed by atoms with Crippen molar-refractivity contribution in [1.29, 1.82) is 0 Å². The molecule has 0 aliphatic carbocycles. The molecule has 0 fully saturated rings. The minimum absolute atomic E-state index is 0.118. The van der Waals surface area contributed by atoms with Crippen LogP contribution in [-0.4, -0.2) is 31.8 Å². The summed E-state index contributed by atoms with van der Waals surface area (Å²) >= 11 is 0. The van der Waals surface area contributed by atoms with Gasteiger partial charge in [-0.3, -0.25) is 4.79 Å². The Kier molecular flexibility index (Phi) is 3.27. The number of carbonyl (C=O) groups is 2. The van der Waals surface area contributed by atoms with Gasteiger partial charge in [-0.05, 0) is 18.1 Å². The number of hydrogen-bond acceptors (Lipinski definition) is 4. The molecule has 1 N–H and O–H groups in total. The zero-order chi connectivity index (χ0) is 12.3. The predicted octanol–water partition coefficient (Wildman–Crippen LogP) is 1.12. The number of rotatable bonds is 2. The van der Waals surface area contributed by atoms with Crippen LogP contribution in [0.3, 0.4) is 0 Å². The van der Waals surface area contributed by atoms with E-state index in [1.807, 2.05) is 18.2 Å². The lowest BCUT2D eigenvalue weighted by Gasteiger charge is -2.24. The van der Waals surface area contributed by atoms with E-state index in [0.29, 0.717) is 12.0 Å². The van der Waals surface area contributed by atoms with Crippen molar-refractivity contribution in [3.05, 3.63) is 35.4 Å². The minimum atomic E-state index is -0.738.